The molecule has 5 N–H and O–H groups in total. The highest BCUT2D eigenvalue weighted by molar-refractivity contribution is 5.52. The largest absolute Gasteiger partial charge is 0.394 e. The first-order chi connectivity index (χ1) is 8.04. The van der Waals surface area contributed by atoms with E-state index >= 15 is 0 Å². The fourth-order valence-electron chi connectivity index (χ4n) is 0.757. The van der Waals surface area contributed by atoms with Crippen LogP contribution in [0.1, 0.15) is 19.3 Å². The van der Waals surface area contributed by atoms with E-state index in [4.69, 9.17) is 25.5 Å². The maximum Gasteiger partial charge on any atom is 0.120 e. The van der Waals surface area contributed by atoms with Gasteiger partial charge in [-0.1, -0.05) is 0 Å². The monoisotopic (exact) mass is 252 g/mol. The highest BCUT2D eigenvalue weighted by Gasteiger charge is 2.22. The Morgan fingerprint density at radius 2 is 1.18 bits per heavy atom. The maximum atomic E-state index is 9.56. The molecule has 0 saturated heterocycles. The fraction of sp³-hybridized carbons (Fsp3) is 0.800. The Morgan fingerprint density at radius 1 is 0.824 bits per heavy atom. The second-order valence-electron chi connectivity index (χ2n) is 3.25. The van der Waals surface area contributed by atoms with Gasteiger partial charge in [-0.3, -0.25) is 0 Å². The third-order valence-corrected chi connectivity index (χ3v) is 1.81. The molecule has 0 fully saturated rings. The Balaban J connectivity index is 0. The third-order valence-electron chi connectivity index (χ3n) is 1.81. The molecule has 0 aliphatic heterocycles. The van der Waals surface area contributed by atoms with Crippen molar-refractivity contribution in [1.82, 2.24) is 0 Å². The smallest absolute Gasteiger partial charge is 0.120 e. The molecule has 102 valence electrons. The van der Waals surface area contributed by atoms with Gasteiger partial charge in [0.2, 0.25) is 0 Å². The first-order valence-corrected chi connectivity index (χ1v) is 5.18. The Kier molecular flexibility index (Phi) is 14.4. The number of carbonyl (C=O) groups is 2. The molecular weight excluding hydrogens is 232 g/mol. The maximum absolute atomic E-state index is 9.56. The van der Waals surface area contributed by atoms with E-state index in [9.17, 15) is 9.59 Å². The molecule has 0 spiro atoms. The summed E-state index contributed by atoms with van der Waals surface area (Å²) in [6, 6.07) is 0. The molecule has 0 radical (unpaired) electrons. The van der Waals surface area contributed by atoms with Crippen LogP contribution in [-0.4, -0.2) is 69.6 Å². The van der Waals surface area contributed by atoms with E-state index in [-0.39, 0.29) is 0 Å². The molecule has 0 aromatic rings. The Hall–Kier alpha value is -0.860. The summed E-state index contributed by atoms with van der Waals surface area (Å²) in [7, 11) is 0. The van der Waals surface area contributed by atoms with Crippen molar-refractivity contribution >= 4 is 12.6 Å². The molecule has 0 saturated carbocycles. The summed E-state index contributed by atoms with van der Waals surface area (Å²) < 4.78 is 0. The van der Waals surface area contributed by atoms with Gasteiger partial charge in [-0.15, -0.1) is 0 Å². The molecule has 0 bridgehead atoms. The minimum absolute atomic E-state index is 0.513. The highest BCUT2D eigenvalue weighted by atomic mass is 16.4. The van der Waals surface area contributed by atoms with Crippen molar-refractivity contribution < 1.29 is 35.1 Å². The van der Waals surface area contributed by atoms with E-state index in [1.807, 2.05) is 0 Å². The van der Waals surface area contributed by atoms with Crippen LogP contribution in [0.3, 0.4) is 0 Å². The second-order valence-corrected chi connectivity index (χ2v) is 3.25. The van der Waals surface area contributed by atoms with Gasteiger partial charge in [0.15, 0.2) is 0 Å². The van der Waals surface area contributed by atoms with Gasteiger partial charge in [0.25, 0.3) is 0 Å². The molecule has 2 atom stereocenters. The number of aliphatic hydroxyl groups is 5. The van der Waals surface area contributed by atoms with Crippen LogP contribution < -0.4 is 0 Å². The lowest BCUT2D eigenvalue weighted by Crippen LogP contribution is -2.41. The van der Waals surface area contributed by atoms with E-state index in [1.54, 1.807) is 0 Å². The van der Waals surface area contributed by atoms with Gasteiger partial charge < -0.3 is 35.1 Å². The van der Waals surface area contributed by atoms with Gasteiger partial charge in [-0.2, -0.15) is 0 Å². The van der Waals surface area contributed by atoms with Crippen molar-refractivity contribution in [3.8, 4) is 0 Å². The van der Waals surface area contributed by atoms with Gasteiger partial charge in [0, 0.05) is 12.8 Å². The lowest BCUT2D eigenvalue weighted by Gasteiger charge is -2.19. The molecule has 0 aliphatic rings. The van der Waals surface area contributed by atoms with E-state index < -0.39 is 31.5 Å². The second kappa shape index (κ2) is 13.2. The zero-order valence-corrected chi connectivity index (χ0v) is 9.47. The molecule has 0 heterocycles. The summed E-state index contributed by atoms with van der Waals surface area (Å²) in [6.45, 7) is -1.28. The van der Waals surface area contributed by atoms with Crippen LogP contribution in [0.4, 0.5) is 0 Å². The van der Waals surface area contributed by atoms with Crippen LogP contribution in [-0.2, 0) is 9.59 Å². The quantitative estimate of drug-likeness (QED) is 0.240. The Morgan fingerprint density at radius 3 is 1.41 bits per heavy atom. The van der Waals surface area contributed by atoms with Crippen molar-refractivity contribution in [2.45, 2.75) is 37.6 Å². The normalized spacial score (nSPS) is 15.1. The number of unbranched alkanes of at least 4 members (excludes halogenated alkanes) is 2. The standard InChI is InChI=1S/C5H12O5.C5H8O2/c6-1-3(8)5(10)4(9)2-7;6-4-2-1-3-5-7/h3-10H,1-2H2;4-5H,1-3H2. The van der Waals surface area contributed by atoms with Gasteiger partial charge in [-0.25, -0.2) is 0 Å². The number of aliphatic hydroxyl groups excluding tert-OH is 5. The molecular formula is C10H20O7. The van der Waals surface area contributed by atoms with Crippen LogP contribution >= 0.6 is 0 Å². The summed E-state index contributed by atoms with van der Waals surface area (Å²) in [4.78, 5) is 19.1. The predicted octanol–water partition coefficient (Wildman–Crippen LogP) is -2.39. The molecule has 17 heavy (non-hydrogen) atoms. The van der Waals surface area contributed by atoms with Crippen molar-refractivity contribution in [1.29, 1.82) is 0 Å². The van der Waals surface area contributed by atoms with Gasteiger partial charge >= 0.3 is 0 Å². The van der Waals surface area contributed by atoms with Crippen LogP contribution in [0, 0.1) is 0 Å². The van der Waals surface area contributed by atoms with E-state index in [0.29, 0.717) is 19.3 Å². The van der Waals surface area contributed by atoms with Crippen molar-refractivity contribution in [3.05, 3.63) is 0 Å². The summed E-state index contributed by atoms with van der Waals surface area (Å²) in [5.41, 5.74) is 0. The third kappa shape index (κ3) is 11.4. The van der Waals surface area contributed by atoms with Crippen molar-refractivity contribution in [2.24, 2.45) is 0 Å². The molecule has 0 aromatic carbocycles. The lowest BCUT2D eigenvalue weighted by atomic mass is 10.1. The average molecular weight is 252 g/mol. The van der Waals surface area contributed by atoms with Crippen LogP contribution in [0.25, 0.3) is 0 Å². The molecule has 7 heteroatoms. The number of carbonyl (C=O) groups excluding carboxylic acids is 2. The molecule has 0 aromatic heterocycles. The zero-order chi connectivity index (χ0) is 13.7. The first-order valence-electron chi connectivity index (χ1n) is 5.18. The number of aldehydes is 2. The number of hydrogen-bond acceptors (Lipinski definition) is 7. The molecule has 0 rings (SSSR count). The number of rotatable bonds is 8. The van der Waals surface area contributed by atoms with Crippen molar-refractivity contribution in [3.63, 3.8) is 0 Å². The molecule has 0 aliphatic carbocycles. The predicted molar refractivity (Wildman–Crippen MR) is 58.2 cm³/mol. The number of hydrogen-bond donors (Lipinski definition) is 5. The van der Waals surface area contributed by atoms with E-state index in [1.165, 1.54) is 0 Å². The SMILES string of the molecule is O=CCCCC=O.OCC(O)C(O)C(O)CO. The van der Waals surface area contributed by atoms with Gasteiger partial charge in [-0.05, 0) is 6.42 Å². The van der Waals surface area contributed by atoms with Gasteiger partial charge in [0.05, 0.1) is 13.2 Å². The summed E-state index contributed by atoms with van der Waals surface area (Å²) >= 11 is 0. The molecule has 2 unspecified atom stereocenters. The topological polar surface area (TPSA) is 135 Å². The fourth-order valence-corrected chi connectivity index (χ4v) is 0.757. The molecule has 7 nitrogen and oxygen atoms in total. The van der Waals surface area contributed by atoms with Crippen molar-refractivity contribution in [2.75, 3.05) is 13.2 Å². The van der Waals surface area contributed by atoms with E-state index in [2.05, 4.69) is 0 Å². The van der Waals surface area contributed by atoms with Crippen LogP contribution in [0.2, 0.25) is 0 Å². The first kappa shape index (κ1) is 18.5. The van der Waals surface area contributed by atoms with Gasteiger partial charge in [0.1, 0.15) is 30.9 Å². The average Bonchev–Trinajstić information content (AvgIpc) is 2.37. The summed E-state index contributed by atoms with van der Waals surface area (Å²) in [5, 5.41) is 42.6. The Labute approximate surface area is 99.3 Å². The Bertz CT molecular complexity index is 167. The minimum Gasteiger partial charge on any atom is -0.394 e. The summed E-state index contributed by atoms with van der Waals surface area (Å²) in [5.74, 6) is 0. The van der Waals surface area contributed by atoms with Crippen LogP contribution in [0.5, 0.6) is 0 Å². The van der Waals surface area contributed by atoms with Crippen LogP contribution in [0.15, 0.2) is 0 Å². The van der Waals surface area contributed by atoms with E-state index in [0.717, 1.165) is 12.6 Å². The lowest BCUT2D eigenvalue weighted by molar-refractivity contribution is -0.108. The summed E-state index contributed by atoms with van der Waals surface area (Å²) in [6.07, 6.45) is -0.920. The minimum atomic E-state index is -1.49. The highest BCUT2D eigenvalue weighted by Crippen LogP contribution is 1.98. The zero-order valence-electron chi connectivity index (χ0n) is 9.47. The molecule has 0 amide bonds.